The van der Waals surface area contributed by atoms with Gasteiger partial charge in [0, 0.05) is 18.5 Å². The quantitative estimate of drug-likeness (QED) is 0.431. The van der Waals surface area contributed by atoms with Crippen LogP contribution in [0.5, 0.6) is 0 Å². The second kappa shape index (κ2) is 12.8. The number of rotatable bonds is 1. The van der Waals surface area contributed by atoms with Gasteiger partial charge in [0.2, 0.25) is 5.91 Å². The minimum absolute atomic E-state index is 0.240. The summed E-state index contributed by atoms with van der Waals surface area (Å²) in [4.78, 5) is 58.4. The first-order valence-electron chi connectivity index (χ1n) is 15.2. The van der Waals surface area contributed by atoms with E-state index < -0.39 is 35.7 Å². The Labute approximate surface area is 251 Å². The predicted octanol–water partition coefficient (Wildman–Crippen LogP) is 2.95. The first-order chi connectivity index (χ1) is 20.6. The Balaban J connectivity index is 1.53. The van der Waals surface area contributed by atoms with Crippen LogP contribution in [0.25, 0.3) is 17.0 Å². The highest BCUT2D eigenvalue weighted by Crippen LogP contribution is 2.31. The van der Waals surface area contributed by atoms with Gasteiger partial charge in [-0.2, -0.15) is 0 Å². The zero-order valence-electron chi connectivity index (χ0n) is 25.2. The van der Waals surface area contributed by atoms with E-state index in [2.05, 4.69) is 16.1 Å². The van der Waals surface area contributed by atoms with Gasteiger partial charge in [-0.3, -0.25) is 24.4 Å². The molecule has 5 bridgehead atoms. The Morgan fingerprint density at radius 2 is 1.74 bits per heavy atom. The minimum atomic E-state index is -1.35. The fourth-order valence-electron chi connectivity index (χ4n) is 5.72. The van der Waals surface area contributed by atoms with Gasteiger partial charge in [0.1, 0.15) is 12.1 Å². The lowest BCUT2D eigenvalue weighted by molar-refractivity contribution is -0.181. The van der Waals surface area contributed by atoms with E-state index in [1.54, 1.807) is 26.8 Å². The highest BCUT2D eigenvalue weighted by molar-refractivity contribution is 5.92. The molecule has 1 aromatic carbocycles. The van der Waals surface area contributed by atoms with E-state index in [1.807, 2.05) is 43.3 Å². The van der Waals surface area contributed by atoms with Crippen molar-refractivity contribution in [1.82, 2.24) is 26.1 Å². The van der Waals surface area contributed by atoms with Crippen LogP contribution in [0.2, 0.25) is 0 Å². The normalized spacial score (nSPS) is 30.2. The van der Waals surface area contributed by atoms with Gasteiger partial charge >= 0.3 is 5.97 Å². The highest BCUT2D eigenvalue weighted by Gasteiger charge is 2.43. The maximum absolute atomic E-state index is 13.7. The molecule has 3 aliphatic rings. The summed E-state index contributed by atoms with van der Waals surface area (Å²) in [5.41, 5.74) is 3.94. The number of nitrogens with one attached hydrogen (secondary N) is 3. The van der Waals surface area contributed by atoms with Gasteiger partial charge < -0.3 is 20.1 Å². The van der Waals surface area contributed by atoms with E-state index >= 15 is 0 Å². The van der Waals surface area contributed by atoms with Gasteiger partial charge in [0.15, 0.2) is 11.7 Å². The molecule has 3 amide bonds. The van der Waals surface area contributed by atoms with Crippen LogP contribution in [0.3, 0.4) is 0 Å². The summed E-state index contributed by atoms with van der Waals surface area (Å²) in [6.07, 6.45) is 5.57. The second-order valence-corrected chi connectivity index (χ2v) is 12.1. The number of fused-ring (bicyclic) bond motifs is 4. The minimum Gasteiger partial charge on any atom is -0.450 e. The molecule has 11 nitrogen and oxygen atoms in total. The fraction of sp³-hybridized carbons (Fsp3) is 0.531. The number of benzene rings is 1. The van der Waals surface area contributed by atoms with Crippen molar-refractivity contribution in [3.05, 3.63) is 47.7 Å². The Bertz CT molecular complexity index is 1420. The third-order valence-electron chi connectivity index (χ3n) is 8.33. The molecule has 0 saturated carbocycles. The predicted molar refractivity (Wildman–Crippen MR) is 160 cm³/mol. The van der Waals surface area contributed by atoms with Gasteiger partial charge in [-0.25, -0.2) is 10.2 Å². The first kappa shape index (κ1) is 30.6. The summed E-state index contributed by atoms with van der Waals surface area (Å²) in [5.74, 6) is -2.19. The van der Waals surface area contributed by atoms with E-state index in [0.29, 0.717) is 38.1 Å². The van der Waals surface area contributed by atoms with Crippen LogP contribution in [0, 0.1) is 5.92 Å². The lowest BCUT2D eigenvalue weighted by atomic mass is 9.92. The molecule has 0 aliphatic carbocycles. The Hall–Kier alpha value is -3.83. The monoisotopic (exact) mass is 591 g/mol. The topological polar surface area (TPSA) is 139 Å². The van der Waals surface area contributed by atoms with E-state index in [4.69, 9.17) is 14.5 Å². The van der Waals surface area contributed by atoms with Crippen molar-refractivity contribution >= 4 is 40.7 Å². The zero-order valence-corrected chi connectivity index (χ0v) is 25.2. The smallest absolute Gasteiger partial charge is 0.343 e. The molecule has 230 valence electrons. The van der Waals surface area contributed by atoms with Gasteiger partial charge in [-0.15, -0.1) is 0 Å². The molecule has 5 atom stereocenters. The Kier molecular flexibility index (Phi) is 9.12. The molecule has 2 aromatic rings. The lowest BCUT2D eigenvalue weighted by Crippen LogP contribution is -2.61. The summed E-state index contributed by atoms with van der Waals surface area (Å²) in [6, 6.07) is 7.75. The van der Waals surface area contributed by atoms with Crippen molar-refractivity contribution < 1.29 is 28.7 Å². The number of hydrazine groups is 1. The first-order valence-corrected chi connectivity index (χ1v) is 15.2. The fourth-order valence-corrected chi connectivity index (χ4v) is 5.72. The van der Waals surface area contributed by atoms with Crippen molar-refractivity contribution in [2.75, 3.05) is 13.2 Å². The number of hydrogen-bond acceptors (Lipinski definition) is 8. The molecule has 43 heavy (non-hydrogen) atoms. The number of nitrogens with zero attached hydrogens (tertiary/aromatic N) is 2. The lowest BCUT2D eigenvalue weighted by Gasteiger charge is -2.36. The molecule has 1 aromatic heterocycles. The summed E-state index contributed by atoms with van der Waals surface area (Å²) < 4.78 is 11.9. The van der Waals surface area contributed by atoms with Crippen molar-refractivity contribution in [3.8, 4) is 0 Å². The molecule has 11 heteroatoms. The van der Waals surface area contributed by atoms with Gasteiger partial charge in [-0.05, 0) is 75.6 Å². The van der Waals surface area contributed by atoms with Crippen LogP contribution in [0.15, 0.2) is 36.4 Å². The number of esters is 1. The van der Waals surface area contributed by atoms with Crippen LogP contribution in [0.1, 0.15) is 77.1 Å². The van der Waals surface area contributed by atoms with E-state index in [-0.39, 0.29) is 23.8 Å². The third-order valence-corrected chi connectivity index (χ3v) is 8.33. The number of pyridine rings is 1. The van der Waals surface area contributed by atoms with Crippen LogP contribution < -0.4 is 16.1 Å². The van der Waals surface area contributed by atoms with E-state index in [1.165, 1.54) is 5.01 Å². The molecular formula is C32H41N5O6. The van der Waals surface area contributed by atoms with E-state index in [9.17, 15) is 19.2 Å². The summed E-state index contributed by atoms with van der Waals surface area (Å²) in [6.45, 7) is 7.79. The van der Waals surface area contributed by atoms with Crippen LogP contribution in [0.4, 0.5) is 0 Å². The molecule has 1 unspecified atom stereocenters. The maximum atomic E-state index is 13.7. The standard InChI is InChI=1S/C32H41N5O6/c1-19(2)27-29(39)34-21(4)30(40)37-16-7-8-25(36-37)28(38)33-20(3)24-12-11-23-10-9-22(18-26(23)35-24)13-15-32(31(41)43-27)14-5-6-17-42-32/h9-13,15,18-21,25,27,36H,5-8,14,16-17H2,1-4H3,(H,33,38)(H,34,39)/b15-13+/t20-,21+,25+,27+,32?/m1/s1. The van der Waals surface area contributed by atoms with E-state index in [0.717, 1.165) is 29.3 Å². The second-order valence-electron chi connectivity index (χ2n) is 12.1. The average Bonchev–Trinajstić information content (AvgIpc) is 3.01. The Morgan fingerprint density at radius 1 is 0.977 bits per heavy atom. The molecule has 1 spiro atoms. The van der Waals surface area contributed by atoms with Crippen molar-refractivity contribution in [3.63, 3.8) is 0 Å². The number of aromatic nitrogens is 1. The molecule has 5 rings (SSSR count). The van der Waals surface area contributed by atoms with Crippen molar-refractivity contribution in [2.24, 2.45) is 5.92 Å². The third kappa shape index (κ3) is 6.73. The van der Waals surface area contributed by atoms with Crippen LogP contribution in [-0.2, 0) is 28.7 Å². The molecule has 3 aliphatic heterocycles. The van der Waals surface area contributed by atoms with Crippen molar-refractivity contribution in [2.45, 2.75) is 89.6 Å². The average molecular weight is 592 g/mol. The Morgan fingerprint density at radius 3 is 2.49 bits per heavy atom. The highest BCUT2D eigenvalue weighted by atomic mass is 16.6. The number of hydrogen-bond donors (Lipinski definition) is 3. The molecule has 2 saturated heterocycles. The van der Waals surface area contributed by atoms with Gasteiger partial charge in [0.05, 0.1) is 17.3 Å². The molecule has 3 N–H and O–H groups in total. The number of carbonyl (C=O) groups is 4. The molecule has 0 radical (unpaired) electrons. The number of carbonyl (C=O) groups excluding carboxylic acids is 4. The van der Waals surface area contributed by atoms with Gasteiger partial charge in [0.25, 0.3) is 11.8 Å². The molecular weight excluding hydrogens is 550 g/mol. The SMILES string of the molecule is CC(C)[C@@H]1OC(=O)C2(/C=C/c3ccc4ccc(nc4c3)[C@@H](C)NC(=O)[C@@H]3CCCN(N3)C(=O)[C@H](C)NC1=O)CCCCO2. The number of cyclic esters (lactones) is 1. The number of ether oxygens (including phenoxy) is 2. The number of amides is 3. The van der Waals surface area contributed by atoms with Crippen molar-refractivity contribution in [1.29, 1.82) is 0 Å². The van der Waals surface area contributed by atoms with Gasteiger partial charge in [-0.1, -0.05) is 38.1 Å². The summed E-state index contributed by atoms with van der Waals surface area (Å²) in [7, 11) is 0. The molecule has 4 heterocycles. The summed E-state index contributed by atoms with van der Waals surface area (Å²) in [5, 5.41) is 8.06. The van der Waals surface area contributed by atoms with Crippen LogP contribution in [-0.4, -0.2) is 70.6 Å². The largest absolute Gasteiger partial charge is 0.450 e. The zero-order chi connectivity index (χ0) is 30.7. The van der Waals surface area contributed by atoms with Crippen LogP contribution >= 0.6 is 0 Å². The molecule has 2 fully saturated rings. The maximum Gasteiger partial charge on any atom is 0.343 e. The summed E-state index contributed by atoms with van der Waals surface area (Å²) >= 11 is 0.